The van der Waals surface area contributed by atoms with Gasteiger partial charge < -0.3 is 29.2 Å². The SMILES string of the molecule is COC1C[C@]2(O)[C@H]3CC4C5(C[C@@H](OC)CC[C@@]4(OC(=O)c4ccccc4NS(=O)(=O)c4cccc6ccccc46)[C@H](C)N35)[C@H]3CC1[C@H](OC)[C@@]32O. The molecular weight excluding hydrogens is 673 g/mol. The maximum atomic E-state index is 14.5. The minimum atomic E-state index is -4.09. The molecule has 5 unspecified atom stereocenters. The number of para-hydroxylation sites is 1. The summed E-state index contributed by atoms with van der Waals surface area (Å²) in [4.78, 5) is 17.0. The van der Waals surface area contributed by atoms with E-state index in [0.29, 0.717) is 43.9 Å². The molecule has 9 rings (SSSR count). The van der Waals surface area contributed by atoms with Crippen molar-refractivity contribution in [1.29, 1.82) is 0 Å². The van der Waals surface area contributed by atoms with Crippen molar-refractivity contribution in [2.24, 2.45) is 17.8 Å². The van der Waals surface area contributed by atoms with Crippen LogP contribution in [0.3, 0.4) is 0 Å². The quantitative estimate of drug-likeness (QED) is 0.291. The zero-order chi connectivity index (χ0) is 35.7. The Morgan fingerprint density at radius 2 is 1.65 bits per heavy atom. The van der Waals surface area contributed by atoms with Crippen molar-refractivity contribution in [2.75, 3.05) is 26.1 Å². The van der Waals surface area contributed by atoms with E-state index in [1.165, 1.54) is 0 Å². The molecule has 3 aliphatic heterocycles. The first-order valence-corrected chi connectivity index (χ1v) is 19.5. The molecule has 11 nitrogen and oxygen atoms in total. The fourth-order valence-electron chi connectivity index (χ4n) is 12.5. The van der Waals surface area contributed by atoms with Crippen molar-refractivity contribution in [1.82, 2.24) is 4.90 Å². The minimum absolute atomic E-state index is 0.109. The summed E-state index contributed by atoms with van der Waals surface area (Å²) in [7, 11) is 0.876. The van der Waals surface area contributed by atoms with Gasteiger partial charge in [-0.15, -0.1) is 0 Å². The number of esters is 1. The van der Waals surface area contributed by atoms with Gasteiger partial charge in [-0.25, -0.2) is 13.2 Å². The zero-order valence-corrected chi connectivity index (χ0v) is 30.1. The summed E-state index contributed by atoms with van der Waals surface area (Å²) >= 11 is 0. The van der Waals surface area contributed by atoms with Crippen LogP contribution in [-0.2, 0) is 29.0 Å². The number of rotatable bonds is 8. The van der Waals surface area contributed by atoms with E-state index < -0.39 is 50.5 Å². The van der Waals surface area contributed by atoms with E-state index in [0.717, 1.165) is 5.39 Å². The smallest absolute Gasteiger partial charge is 0.340 e. The number of piperidine rings is 2. The third kappa shape index (κ3) is 4.10. The normalized spacial score (nSPS) is 43.2. The van der Waals surface area contributed by atoms with Gasteiger partial charge in [0.25, 0.3) is 10.0 Å². The molecule has 51 heavy (non-hydrogen) atoms. The number of carbonyl (C=O) groups is 1. The Bertz CT molecular complexity index is 2020. The lowest BCUT2D eigenvalue weighted by molar-refractivity contribution is -0.310. The van der Waals surface area contributed by atoms with Gasteiger partial charge >= 0.3 is 5.97 Å². The van der Waals surface area contributed by atoms with Crippen LogP contribution in [0.5, 0.6) is 0 Å². The minimum Gasteiger partial charge on any atom is -0.453 e. The Morgan fingerprint density at radius 3 is 2.41 bits per heavy atom. The van der Waals surface area contributed by atoms with Crippen LogP contribution >= 0.6 is 0 Å². The molecule has 7 bridgehead atoms. The fraction of sp³-hybridized carbons (Fsp3) is 0.564. The number of benzene rings is 3. The second kappa shape index (κ2) is 11.2. The van der Waals surface area contributed by atoms with Crippen molar-refractivity contribution in [3.63, 3.8) is 0 Å². The van der Waals surface area contributed by atoms with Gasteiger partial charge in [-0.3, -0.25) is 9.62 Å². The highest BCUT2D eigenvalue weighted by Crippen LogP contribution is 2.76. The highest BCUT2D eigenvalue weighted by atomic mass is 32.2. The van der Waals surface area contributed by atoms with Crippen molar-refractivity contribution >= 4 is 32.5 Å². The van der Waals surface area contributed by atoms with Gasteiger partial charge in [0.05, 0.1) is 34.5 Å². The van der Waals surface area contributed by atoms with Crippen LogP contribution in [0.2, 0.25) is 0 Å². The number of methoxy groups -OCH3 is 3. The molecule has 6 aliphatic rings. The lowest BCUT2D eigenvalue weighted by atomic mass is 9.58. The van der Waals surface area contributed by atoms with Crippen LogP contribution in [-0.4, -0.2) is 104 Å². The number of aliphatic hydroxyl groups is 2. The number of sulfonamides is 1. The number of hydrogen-bond donors (Lipinski definition) is 3. The molecule has 272 valence electrons. The molecule has 3 saturated heterocycles. The van der Waals surface area contributed by atoms with Gasteiger partial charge in [-0.05, 0) is 62.6 Å². The maximum Gasteiger partial charge on any atom is 0.340 e. The average molecular weight is 719 g/mol. The summed E-state index contributed by atoms with van der Waals surface area (Å²) in [5.74, 6) is -1.33. The number of ether oxygens (including phenoxy) is 4. The van der Waals surface area contributed by atoms with Crippen LogP contribution < -0.4 is 4.72 Å². The van der Waals surface area contributed by atoms with Crippen LogP contribution in [0.1, 0.15) is 55.8 Å². The van der Waals surface area contributed by atoms with E-state index in [1.807, 2.05) is 18.2 Å². The monoisotopic (exact) mass is 718 g/mol. The molecule has 13 atom stereocenters. The van der Waals surface area contributed by atoms with Crippen LogP contribution in [0.15, 0.2) is 71.6 Å². The molecule has 3 aromatic rings. The van der Waals surface area contributed by atoms with Crippen molar-refractivity contribution in [3.8, 4) is 0 Å². The number of hydrogen-bond acceptors (Lipinski definition) is 10. The average Bonchev–Trinajstić information content (AvgIpc) is 3.62. The first kappa shape index (κ1) is 33.7. The molecule has 6 fully saturated rings. The number of nitrogens with zero attached hydrogens (tertiary/aromatic N) is 1. The Hall–Kier alpha value is -3.10. The summed E-state index contributed by atoms with van der Waals surface area (Å²) in [5.41, 5.74) is -4.39. The molecule has 0 aromatic heterocycles. The van der Waals surface area contributed by atoms with Gasteiger partial charge in [0.2, 0.25) is 0 Å². The third-order valence-corrected chi connectivity index (χ3v) is 15.7. The number of fused-ring (bicyclic) bond motifs is 3. The van der Waals surface area contributed by atoms with Gasteiger partial charge in [0.1, 0.15) is 16.8 Å². The summed E-state index contributed by atoms with van der Waals surface area (Å²) in [6.45, 7) is 2.08. The van der Waals surface area contributed by atoms with E-state index >= 15 is 0 Å². The molecule has 1 spiro atoms. The van der Waals surface area contributed by atoms with Crippen molar-refractivity contribution in [2.45, 2.75) is 103 Å². The molecule has 3 aliphatic carbocycles. The van der Waals surface area contributed by atoms with E-state index in [-0.39, 0.29) is 52.1 Å². The highest BCUT2D eigenvalue weighted by molar-refractivity contribution is 7.93. The van der Waals surface area contributed by atoms with E-state index in [9.17, 15) is 23.4 Å². The molecule has 3 heterocycles. The Labute approximate surface area is 298 Å². The summed E-state index contributed by atoms with van der Waals surface area (Å²) < 4.78 is 55.3. The largest absolute Gasteiger partial charge is 0.453 e. The highest BCUT2D eigenvalue weighted by Gasteiger charge is 2.89. The zero-order valence-electron chi connectivity index (χ0n) is 29.3. The Balaban J connectivity index is 1.10. The van der Waals surface area contributed by atoms with Gasteiger partial charge in [-0.1, -0.05) is 48.5 Å². The van der Waals surface area contributed by atoms with Crippen molar-refractivity contribution in [3.05, 3.63) is 72.3 Å². The fourth-order valence-corrected chi connectivity index (χ4v) is 13.8. The lowest BCUT2D eigenvalue weighted by Crippen LogP contribution is -2.81. The number of anilines is 1. The predicted molar refractivity (Wildman–Crippen MR) is 188 cm³/mol. The first-order valence-electron chi connectivity index (χ1n) is 18.1. The van der Waals surface area contributed by atoms with Crippen LogP contribution in [0, 0.1) is 17.8 Å². The Kier molecular flexibility index (Phi) is 7.41. The second-order valence-corrected chi connectivity index (χ2v) is 17.4. The second-order valence-electron chi connectivity index (χ2n) is 15.8. The molecule has 3 aromatic carbocycles. The summed E-state index contributed by atoms with van der Waals surface area (Å²) in [6, 6.07) is 18.2. The van der Waals surface area contributed by atoms with E-state index in [2.05, 4.69) is 16.5 Å². The standard InChI is InChI=1S/C39H46N2O9S/c1-22-37(50-35(42)26-13-7-8-14-28(26)40-51(45,46)30-15-9-11-23-10-5-6-12-25(23)30)17-16-24(47-2)20-36-31(37)19-33(41(22)36)38(43)21-29(48-3)27-18-32(36)39(38,44)34(27)49-4/h5-15,22,24,27,29,31-34,40,43-44H,16-21H2,1-4H3/t22-,24-,27?,29?,31?,32+,33+,34-,36?,37+,38-,39-/m0/s1. The predicted octanol–water partition coefficient (Wildman–Crippen LogP) is 4.11. The molecule has 0 amide bonds. The Morgan fingerprint density at radius 1 is 0.902 bits per heavy atom. The maximum absolute atomic E-state index is 14.5. The van der Waals surface area contributed by atoms with E-state index in [1.54, 1.807) is 69.9 Å². The summed E-state index contributed by atoms with van der Waals surface area (Å²) in [6.07, 6.45) is 2.18. The topological polar surface area (TPSA) is 144 Å². The third-order valence-electron chi connectivity index (χ3n) is 14.3. The van der Waals surface area contributed by atoms with Gasteiger partial charge in [0, 0.05) is 68.5 Å². The van der Waals surface area contributed by atoms with Crippen LogP contribution in [0.25, 0.3) is 10.8 Å². The molecule has 0 radical (unpaired) electrons. The number of nitrogens with one attached hydrogen (secondary N) is 1. The summed E-state index contributed by atoms with van der Waals surface area (Å²) in [5, 5.41) is 27.0. The molecule has 3 saturated carbocycles. The molecule has 3 N–H and O–H groups in total. The van der Waals surface area contributed by atoms with Crippen LogP contribution in [0.4, 0.5) is 5.69 Å². The van der Waals surface area contributed by atoms with E-state index in [4.69, 9.17) is 18.9 Å². The first-order chi connectivity index (χ1) is 24.4. The van der Waals surface area contributed by atoms with Gasteiger partial charge in [0.15, 0.2) is 0 Å². The lowest BCUT2D eigenvalue weighted by Gasteiger charge is -2.64. The molecule has 12 heteroatoms. The van der Waals surface area contributed by atoms with Crippen molar-refractivity contribution < 1.29 is 42.4 Å². The number of carbonyl (C=O) groups excluding carboxylic acids is 1. The van der Waals surface area contributed by atoms with Gasteiger partial charge in [-0.2, -0.15) is 0 Å². The molecular formula is C39H46N2O9S.